The summed E-state index contributed by atoms with van der Waals surface area (Å²) >= 11 is 1.77. The molecular weight excluding hydrogens is 246 g/mol. The Morgan fingerprint density at radius 1 is 1.17 bits per heavy atom. The predicted octanol–water partition coefficient (Wildman–Crippen LogP) is 2.72. The number of nitrogens with one attached hydrogen (secondary N) is 1. The third kappa shape index (κ3) is 5.87. The first-order chi connectivity index (χ1) is 8.77. The van der Waals surface area contributed by atoms with Crippen molar-refractivity contribution in [1.29, 1.82) is 0 Å². The summed E-state index contributed by atoms with van der Waals surface area (Å²) in [7, 11) is 1.68. The summed E-state index contributed by atoms with van der Waals surface area (Å²) in [6.45, 7) is 5.07. The molecule has 0 aliphatic heterocycles. The Balaban J connectivity index is 2.21. The molecule has 0 aliphatic rings. The van der Waals surface area contributed by atoms with E-state index in [0.29, 0.717) is 19.3 Å². The molecule has 0 radical (unpaired) electrons. The molecule has 0 aliphatic carbocycles. The van der Waals surface area contributed by atoms with E-state index in [1.165, 1.54) is 10.5 Å². The first kappa shape index (κ1) is 15.5. The lowest BCUT2D eigenvalue weighted by atomic mass is 10.1. The maximum absolute atomic E-state index is 5.41. The van der Waals surface area contributed by atoms with Gasteiger partial charge in [-0.3, -0.25) is 0 Å². The lowest BCUT2D eigenvalue weighted by Gasteiger charge is -2.14. The van der Waals surface area contributed by atoms with Crippen LogP contribution in [0, 0.1) is 0 Å². The van der Waals surface area contributed by atoms with Crippen LogP contribution >= 0.6 is 11.8 Å². The highest BCUT2D eigenvalue weighted by Gasteiger charge is 2.03. The van der Waals surface area contributed by atoms with Gasteiger partial charge in [-0.25, -0.2) is 0 Å². The molecule has 1 rings (SSSR count). The summed E-state index contributed by atoms with van der Waals surface area (Å²) in [5, 5.41) is 3.44. The van der Waals surface area contributed by atoms with Crippen molar-refractivity contribution in [2.24, 2.45) is 0 Å². The Morgan fingerprint density at radius 3 is 2.50 bits per heavy atom. The number of hydrogen-bond acceptors (Lipinski definition) is 4. The summed E-state index contributed by atoms with van der Waals surface area (Å²) in [4.78, 5) is 1.30. The summed E-state index contributed by atoms with van der Waals surface area (Å²) in [5.41, 5.74) is 1.31. The number of ether oxygens (including phenoxy) is 2. The van der Waals surface area contributed by atoms with Gasteiger partial charge in [-0.05, 0) is 30.9 Å². The Kier molecular flexibility index (Phi) is 8.09. The molecule has 0 heterocycles. The Hall–Kier alpha value is -0.550. The third-order valence-corrected chi connectivity index (χ3v) is 3.49. The number of methoxy groups -OCH3 is 1. The monoisotopic (exact) mass is 269 g/mol. The maximum Gasteiger partial charge on any atom is 0.0700 e. The minimum absolute atomic E-state index is 0.354. The van der Waals surface area contributed by atoms with E-state index in [1.807, 2.05) is 0 Å². The van der Waals surface area contributed by atoms with Gasteiger partial charge in [0.2, 0.25) is 0 Å². The zero-order chi connectivity index (χ0) is 13.2. The molecule has 1 atom stereocenters. The molecule has 1 unspecified atom stereocenters. The highest BCUT2D eigenvalue weighted by molar-refractivity contribution is 7.98. The fourth-order valence-corrected chi connectivity index (χ4v) is 2.01. The van der Waals surface area contributed by atoms with E-state index in [-0.39, 0.29) is 0 Å². The van der Waals surface area contributed by atoms with E-state index in [1.54, 1.807) is 18.9 Å². The lowest BCUT2D eigenvalue weighted by molar-refractivity contribution is 0.0712. The van der Waals surface area contributed by atoms with Gasteiger partial charge in [-0.2, -0.15) is 0 Å². The lowest BCUT2D eigenvalue weighted by Crippen LogP contribution is -2.23. The molecule has 1 N–H and O–H groups in total. The van der Waals surface area contributed by atoms with Crippen molar-refractivity contribution in [3.8, 4) is 0 Å². The molecular formula is C14H23NO2S. The highest BCUT2D eigenvalue weighted by atomic mass is 32.2. The van der Waals surface area contributed by atoms with E-state index >= 15 is 0 Å². The predicted molar refractivity (Wildman–Crippen MR) is 77.3 cm³/mol. The van der Waals surface area contributed by atoms with Gasteiger partial charge in [-0.1, -0.05) is 12.1 Å². The summed E-state index contributed by atoms with van der Waals surface area (Å²) in [6.07, 6.45) is 2.09. The SMILES string of the molecule is COCCOCCNC(C)c1ccc(SC)cc1. The highest BCUT2D eigenvalue weighted by Crippen LogP contribution is 2.18. The Labute approximate surface area is 114 Å². The van der Waals surface area contributed by atoms with E-state index in [0.717, 1.165) is 13.2 Å². The molecule has 0 bridgehead atoms. The zero-order valence-electron chi connectivity index (χ0n) is 11.4. The van der Waals surface area contributed by atoms with Crippen LogP contribution in [0.15, 0.2) is 29.2 Å². The van der Waals surface area contributed by atoms with Crippen LogP contribution in [0.5, 0.6) is 0 Å². The standard InChI is InChI=1S/C14H23NO2S/c1-12(15-8-9-17-11-10-16-2)13-4-6-14(18-3)7-5-13/h4-7,12,15H,8-11H2,1-3H3. The number of hydrogen-bond donors (Lipinski definition) is 1. The quantitative estimate of drug-likeness (QED) is 0.551. The smallest absolute Gasteiger partial charge is 0.0700 e. The van der Waals surface area contributed by atoms with Crippen molar-refractivity contribution in [3.63, 3.8) is 0 Å². The second-order valence-electron chi connectivity index (χ2n) is 4.05. The van der Waals surface area contributed by atoms with Crippen molar-refractivity contribution in [1.82, 2.24) is 5.32 Å². The van der Waals surface area contributed by atoms with Gasteiger partial charge in [0.15, 0.2) is 0 Å². The molecule has 0 amide bonds. The van der Waals surface area contributed by atoms with E-state index in [2.05, 4.69) is 42.8 Å². The molecule has 1 aromatic rings. The average molecular weight is 269 g/mol. The molecule has 4 heteroatoms. The van der Waals surface area contributed by atoms with E-state index in [9.17, 15) is 0 Å². The molecule has 0 saturated carbocycles. The van der Waals surface area contributed by atoms with Crippen LogP contribution in [0.1, 0.15) is 18.5 Å². The summed E-state index contributed by atoms with van der Waals surface area (Å²) in [5.74, 6) is 0. The van der Waals surface area contributed by atoms with Gasteiger partial charge in [0, 0.05) is 24.6 Å². The van der Waals surface area contributed by atoms with Gasteiger partial charge in [0.05, 0.1) is 19.8 Å². The topological polar surface area (TPSA) is 30.5 Å². The summed E-state index contributed by atoms with van der Waals surface area (Å²) < 4.78 is 10.3. The molecule has 0 spiro atoms. The van der Waals surface area contributed by atoms with Crippen molar-refractivity contribution >= 4 is 11.8 Å². The van der Waals surface area contributed by atoms with Crippen molar-refractivity contribution < 1.29 is 9.47 Å². The molecule has 0 aromatic heterocycles. The number of benzene rings is 1. The zero-order valence-corrected chi connectivity index (χ0v) is 12.3. The third-order valence-electron chi connectivity index (χ3n) is 2.74. The van der Waals surface area contributed by atoms with Crippen molar-refractivity contribution in [2.75, 3.05) is 39.7 Å². The minimum Gasteiger partial charge on any atom is -0.382 e. The maximum atomic E-state index is 5.41. The first-order valence-electron chi connectivity index (χ1n) is 6.22. The Bertz CT molecular complexity index is 316. The van der Waals surface area contributed by atoms with Crippen LogP contribution in [0.3, 0.4) is 0 Å². The molecule has 0 saturated heterocycles. The van der Waals surface area contributed by atoms with E-state index < -0.39 is 0 Å². The average Bonchev–Trinajstić information content (AvgIpc) is 2.42. The molecule has 18 heavy (non-hydrogen) atoms. The number of thioether (sulfide) groups is 1. The van der Waals surface area contributed by atoms with Crippen LogP contribution in [-0.4, -0.2) is 39.7 Å². The fourth-order valence-electron chi connectivity index (χ4n) is 1.60. The van der Waals surface area contributed by atoms with Gasteiger partial charge >= 0.3 is 0 Å². The summed E-state index contributed by atoms with van der Waals surface area (Å²) in [6, 6.07) is 9.03. The van der Waals surface area contributed by atoms with Gasteiger partial charge in [0.1, 0.15) is 0 Å². The molecule has 0 fully saturated rings. The van der Waals surface area contributed by atoms with Gasteiger partial charge in [-0.15, -0.1) is 11.8 Å². The minimum atomic E-state index is 0.354. The second kappa shape index (κ2) is 9.39. The van der Waals surface area contributed by atoms with Crippen LogP contribution in [0.25, 0.3) is 0 Å². The molecule has 1 aromatic carbocycles. The normalized spacial score (nSPS) is 12.6. The van der Waals surface area contributed by atoms with Crippen LogP contribution in [0.4, 0.5) is 0 Å². The largest absolute Gasteiger partial charge is 0.382 e. The molecule has 3 nitrogen and oxygen atoms in total. The second-order valence-corrected chi connectivity index (χ2v) is 4.93. The first-order valence-corrected chi connectivity index (χ1v) is 7.44. The van der Waals surface area contributed by atoms with E-state index in [4.69, 9.17) is 9.47 Å². The Morgan fingerprint density at radius 2 is 1.89 bits per heavy atom. The number of rotatable bonds is 9. The van der Waals surface area contributed by atoms with Gasteiger partial charge in [0.25, 0.3) is 0 Å². The van der Waals surface area contributed by atoms with Crippen LogP contribution in [-0.2, 0) is 9.47 Å². The van der Waals surface area contributed by atoms with Crippen LogP contribution in [0.2, 0.25) is 0 Å². The van der Waals surface area contributed by atoms with Crippen molar-refractivity contribution in [3.05, 3.63) is 29.8 Å². The van der Waals surface area contributed by atoms with Crippen molar-refractivity contribution in [2.45, 2.75) is 17.9 Å². The fraction of sp³-hybridized carbons (Fsp3) is 0.571. The molecule has 102 valence electrons. The van der Waals surface area contributed by atoms with Gasteiger partial charge < -0.3 is 14.8 Å². The van der Waals surface area contributed by atoms with Crippen LogP contribution < -0.4 is 5.32 Å².